The number of benzene rings is 1. The Morgan fingerprint density at radius 3 is 2.31 bits per heavy atom. The number of aromatic amines is 1. The van der Waals surface area contributed by atoms with E-state index in [4.69, 9.17) is 0 Å². The van der Waals surface area contributed by atoms with Crippen LogP contribution in [0.4, 0.5) is 0 Å². The number of hydrogen-bond acceptors (Lipinski definition) is 3. The van der Waals surface area contributed by atoms with Gasteiger partial charge in [0.25, 0.3) is 0 Å². The summed E-state index contributed by atoms with van der Waals surface area (Å²) in [5.41, 5.74) is 1.83. The summed E-state index contributed by atoms with van der Waals surface area (Å²) >= 11 is 2.17. The number of H-pyrrole nitrogens is 1. The van der Waals surface area contributed by atoms with Gasteiger partial charge < -0.3 is 0 Å². The monoisotopic (exact) mass is 348 g/mol. The van der Waals surface area contributed by atoms with Gasteiger partial charge in [-0.25, -0.2) is 8.42 Å². The molecule has 0 aliphatic rings. The molecule has 84 valence electrons. The summed E-state index contributed by atoms with van der Waals surface area (Å²) in [5, 5.41) is 6.79. The second-order valence-electron chi connectivity index (χ2n) is 3.39. The van der Waals surface area contributed by atoms with Crippen molar-refractivity contribution in [3.63, 3.8) is 0 Å². The molecule has 0 saturated heterocycles. The first-order valence-electron chi connectivity index (χ1n) is 4.48. The molecule has 0 bridgehead atoms. The lowest BCUT2D eigenvalue weighted by atomic mass is 10.2. The average molecular weight is 348 g/mol. The van der Waals surface area contributed by atoms with E-state index < -0.39 is 9.84 Å². The van der Waals surface area contributed by atoms with Crippen molar-refractivity contribution in [3.05, 3.63) is 34.0 Å². The van der Waals surface area contributed by atoms with Gasteiger partial charge >= 0.3 is 0 Å². The largest absolute Gasteiger partial charge is 0.277 e. The Morgan fingerprint density at radius 2 is 1.88 bits per heavy atom. The van der Waals surface area contributed by atoms with Crippen LogP contribution < -0.4 is 0 Å². The quantitative estimate of drug-likeness (QED) is 0.846. The third kappa shape index (κ3) is 2.27. The van der Waals surface area contributed by atoms with Gasteiger partial charge in [0, 0.05) is 11.8 Å². The third-order valence-corrected chi connectivity index (χ3v) is 4.11. The van der Waals surface area contributed by atoms with Crippen molar-refractivity contribution in [3.8, 4) is 11.3 Å². The van der Waals surface area contributed by atoms with Gasteiger partial charge in [0.2, 0.25) is 0 Å². The zero-order valence-electron chi connectivity index (χ0n) is 8.44. The van der Waals surface area contributed by atoms with Crippen LogP contribution in [0.2, 0.25) is 0 Å². The lowest BCUT2D eigenvalue weighted by Crippen LogP contribution is -1.96. The maximum absolute atomic E-state index is 11.3. The molecule has 4 nitrogen and oxygen atoms in total. The van der Waals surface area contributed by atoms with Crippen LogP contribution in [0.15, 0.2) is 35.4 Å². The number of sulfone groups is 1. The molecule has 0 fully saturated rings. The van der Waals surface area contributed by atoms with Crippen LogP contribution in [0.1, 0.15) is 0 Å². The van der Waals surface area contributed by atoms with Crippen molar-refractivity contribution in [1.82, 2.24) is 10.2 Å². The van der Waals surface area contributed by atoms with Crippen molar-refractivity contribution in [2.45, 2.75) is 4.90 Å². The highest BCUT2D eigenvalue weighted by molar-refractivity contribution is 14.1. The minimum atomic E-state index is -3.13. The summed E-state index contributed by atoms with van der Waals surface area (Å²) in [6.07, 6.45) is 2.92. The van der Waals surface area contributed by atoms with E-state index in [1.54, 1.807) is 30.5 Å². The summed E-state index contributed by atoms with van der Waals surface area (Å²) in [7, 11) is -3.13. The van der Waals surface area contributed by atoms with Crippen molar-refractivity contribution in [2.75, 3.05) is 6.26 Å². The molecule has 2 aromatic rings. The van der Waals surface area contributed by atoms with E-state index in [1.165, 1.54) is 6.26 Å². The van der Waals surface area contributed by atoms with Gasteiger partial charge in [-0.3, -0.25) is 5.10 Å². The molecule has 1 N–H and O–H groups in total. The Hall–Kier alpha value is -0.890. The molecule has 1 aromatic heterocycles. The van der Waals surface area contributed by atoms with Crippen molar-refractivity contribution >= 4 is 32.4 Å². The second kappa shape index (κ2) is 4.17. The molecule has 6 heteroatoms. The normalized spacial score (nSPS) is 11.6. The van der Waals surface area contributed by atoms with Gasteiger partial charge in [0.15, 0.2) is 9.84 Å². The maximum atomic E-state index is 11.3. The van der Waals surface area contributed by atoms with Crippen LogP contribution in [-0.4, -0.2) is 24.9 Å². The van der Waals surface area contributed by atoms with Gasteiger partial charge in [-0.1, -0.05) is 12.1 Å². The topological polar surface area (TPSA) is 62.8 Å². The Balaban J connectivity index is 2.45. The van der Waals surface area contributed by atoms with Crippen LogP contribution in [0.5, 0.6) is 0 Å². The van der Waals surface area contributed by atoms with Crippen LogP contribution in [-0.2, 0) is 9.84 Å². The van der Waals surface area contributed by atoms with E-state index in [1.807, 2.05) is 0 Å². The average Bonchev–Trinajstić information content (AvgIpc) is 2.63. The Bertz CT molecular complexity index is 602. The van der Waals surface area contributed by atoms with Gasteiger partial charge in [0.1, 0.15) is 0 Å². The standard InChI is InChI=1S/C10H9IN2O2S/c1-16(14,15)8-4-2-7(3-5-8)10-9(11)6-12-13-10/h2-6H,1H3,(H,12,13). The number of rotatable bonds is 2. The maximum Gasteiger partial charge on any atom is 0.175 e. The van der Waals surface area contributed by atoms with Crippen molar-refractivity contribution < 1.29 is 8.42 Å². The first-order chi connectivity index (χ1) is 7.48. The van der Waals surface area contributed by atoms with Crippen LogP contribution >= 0.6 is 22.6 Å². The van der Waals surface area contributed by atoms with E-state index in [2.05, 4.69) is 32.8 Å². The summed E-state index contributed by atoms with van der Waals surface area (Å²) in [4.78, 5) is 0.325. The molecule has 0 amide bonds. The molecule has 16 heavy (non-hydrogen) atoms. The number of halogens is 1. The first-order valence-corrected chi connectivity index (χ1v) is 7.45. The highest BCUT2D eigenvalue weighted by Crippen LogP contribution is 2.23. The van der Waals surface area contributed by atoms with Crippen LogP contribution in [0.3, 0.4) is 0 Å². The molecule has 0 unspecified atom stereocenters. The lowest BCUT2D eigenvalue weighted by Gasteiger charge is -2.01. The molecule has 0 aliphatic carbocycles. The predicted octanol–water partition coefficient (Wildman–Crippen LogP) is 2.08. The highest BCUT2D eigenvalue weighted by atomic mass is 127. The van der Waals surface area contributed by atoms with E-state index in [0.29, 0.717) is 4.90 Å². The van der Waals surface area contributed by atoms with Gasteiger partial charge in [-0.15, -0.1) is 0 Å². The number of nitrogens with zero attached hydrogens (tertiary/aromatic N) is 1. The first kappa shape index (κ1) is 11.6. The number of nitrogens with one attached hydrogen (secondary N) is 1. The molecular formula is C10H9IN2O2S. The van der Waals surface area contributed by atoms with Gasteiger partial charge in [-0.2, -0.15) is 5.10 Å². The van der Waals surface area contributed by atoms with E-state index in [-0.39, 0.29) is 0 Å². The Kier molecular flexibility index (Phi) is 3.02. The molecule has 0 radical (unpaired) electrons. The lowest BCUT2D eigenvalue weighted by molar-refractivity contribution is 0.602. The smallest absolute Gasteiger partial charge is 0.175 e. The van der Waals surface area contributed by atoms with E-state index in [9.17, 15) is 8.42 Å². The fourth-order valence-electron chi connectivity index (χ4n) is 1.34. The van der Waals surface area contributed by atoms with Crippen molar-refractivity contribution in [1.29, 1.82) is 0 Å². The summed E-state index contributed by atoms with van der Waals surface area (Å²) in [6.45, 7) is 0. The fourth-order valence-corrected chi connectivity index (χ4v) is 2.54. The number of hydrogen-bond donors (Lipinski definition) is 1. The minimum Gasteiger partial charge on any atom is -0.277 e. The summed E-state index contributed by atoms with van der Waals surface area (Å²) < 4.78 is 23.6. The zero-order valence-corrected chi connectivity index (χ0v) is 11.4. The molecule has 0 saturated carbocycles. The van der Waals surface area contributed by atoms with Gasteiger partial charge in [-0.05, 0) is 34.7 Å². The summed E-state index contributed by atoms with van der Waals surface area (Å²) in [5.74, 6) is 0. The SMILES string of the molecule is CS(=O)(=O)c1ccc(-c2[nH]ncc2I)cc1. The fraction of sp³-hybridized carbons (Fsp3) is 0.100. The van der Waals surface area contributed by atoms with Crippen LogP contribution in [0, 0.1) is 3.57 Å². The third-order valence-electron chi connectivity index (χ3n) is 2.16. The summed E-state index contributed by atoms with van der Waals surface area (Å²) in [6, 6.07) is 6.74. The number of aromatic nitrogens is 2. The predicted molar refractivity (Wildman–Crippen MR) is 69.9 cm³/mol. The second-order valence-corrected chi connectivity index (χ2v) is 6.57. The highest BCUT2D eigenvalue weighted by Gasteiger charge is 2.08. The molecular weight excluding hydrogens is 339 g/mol. The van der Waals surface area contributed by atoms with Gasteiger partial charge in [0.05, 0.1) is 20.4 Å². The zero-order chi connectivity index (χ0) is 11.8. The molecule has 1 heterocycles. The van der Waals surface area contributed by atoms with E-state index >= 15 is 0 Å². The molecule has 0 aliphatic heterocycles. The molecule has 0 atom stereocenters. The van der Waals surface area contributed by atoms with E-state index in [0.717, 1.165) is 14.8 Å². The van der Waals surface area contributed by atoms with Crippen LogP contribution in [0.25, 0.3) is 11.3 Å². The van der Waals surface area contributed by atoms with Crippen molar-refractivity contribution in [2.24, 2.45) is 0 Å². The molecule has 2 rings (SSSR count). The Labute approximate surface area is 107 Å². The molecule has 0 spiro atoms. The molecule has 1 aromatic carbocycles. The Morgan fingerprint density at radius 1 is 1.25 bits per heavy atom. The minimum absolute atomic E-state index is 0.325.